The van der Waals surface area contributed by atoms with Crippen LogP contribution in [0, 0.1) is 77.3 Å². The van der Waals surface area contributed by atoms with Crippen molar-refractivity contribution in [2.45, 2.75) is 0 Å². The van der Waals surface area contributed by atoms with Gasteiger partial charge in [-0.3, -0.25) is 0 Å². The average Bonchev–Trinajstić information content (AvgIpc) is 0. The van der Waals surface area contributed by atoms with Crippen molar-refractivity contribution in [3.8, 4) is 0 Å². The molecule has 0 fully saturated rings. The summed E-state index contributed by atoms with van der Waals surface area (Å²) in [5.41, 5.74) is 0. The van der Waals surface area contributed by atoms with E-state index in [9.17, 15) is 0 Å². The molecule has 37 valence electrons. The first-order valence-electron chi connectivity index (χ1n) is 0. The SMILES string of the molecule is [AlH3].[Ce].[Cu].[H-].[H-].[La].[Mg+2].[Mn].[Zn]. The Morgan fingerprint density at radius 2 is 1.14 bits per heavy atom. The molecule has 0 aromatic carbocycles. The van der Waals surface area contributed by atoms with Gasteiger partial charge in [0.15, 0.2) is 17.4 Å². The Bertz CT molecular complexity index is 26.5. The van der Waals surface area contributed by atoms with E-state index in [0.29, 0.717) is 0 Å². The van der Waals surface area contributed by atoms with Gasteiger partial charge in [-0.15, -0.1) is 0 Å². The molecule has 0 rings (SSSR count). The third-order valence-corrected chi connectivity index (χ3v) is 0. The summed E-state index contributed by atoms with van der Waals surface area (Å²) in [4.78, 5) is 0. The van der Waals surface area contributed by atoms with E-state index in [4.69, 9.17) is 0 Å². The topological polar surface area (TPSA) is 0 Å². The molecule has 0 aliphatic carbocycles. The van der Waals surface area contributed by atoms with Gasteiger partial charge < -0.3 is 2.85 Å². The zero-order valence-electron chi connectivity index (χ0n) is 5.17. The Hall–Kier alpha value is 5.53. The average molecular weight is 519 g/mol. The van der Waals surface area contributed by atoms with Crippen molar-refractivity contribution in [3.63, 3.8) is 0 Å². The molecule has 0 aliphatic heterocycles. The molecule has 0 heterocycles. The molecule has 0 aliphatic rings. The minimum atomic E-state index is 0. The van der Waals surface area contributed by atoms with Crippen LogP contribution >= 0.6 is 0 Å². The van der Waals surface area contributed by atoms with Crippen LogP contribution in [0.25, 0.3) is 0 Å². The van der Waals surface area contributed by atoms with Crippen LogP contribution in [-0.4, -0.2) is 40.4 Å². The smallest absolute Gasteiger partial charge is 1.00 e. The van der Waals surface area contributed by atoms with Gasteiger partial charge in [0.2, 0.25) is 0 Å². The second-order valence-electron chi connectivity index (χ2n) is 0. The Kier molecular flexibility index (Phi) is 325. The maximum absolute atomic E-state index is 0. The molecule has 0 bridgehead atoms. The standard InChI is InChI=1S/Al.Ce.Cu.La.Mg.Mn.Zn.5H/q;;;;+2;;;;;;2*-1. The Labute approximate surface area is 170 Å². The molecule has 0 aromatic heterocycles. The van der Waals surface area contributed by atoms with Crippen LogP contribution in [-0.2, 0) is 53.6 Å². The zero-order valence-corrected chi connectivity index (χ0v) is 16.4. The van der Waals surface area contributed by atoms with Gasteiger partial charge in [0.25, 0.3) is 0 Å². The quantitative estimate of drug-likeness (QED) is 0.348. The summed E-state index contributed by atoms with van der Waals surface area (Å²) in [5.74, 6) is 0. The Morgan fingerprint density at radius 1 is 1.14 bits per heavy atom. The first-order chi connectivity index (χ1) is 0. The molecular formula is H5AlCeCuLaMgMnZn. The summed E-state index contributed by atoms with van der Waals surface area (Å²) in [7, 11) is 0. The maximum atomic E-state index is 0. The van der Waals surface area contributed by atoms with E-state index in [1.54, 1.807) is 0 Å². The molecule has 3 radical (unpaired) electrons. The van der Waals surface area contributed by atoms with Gasteiger partial charge in [-0.05, 0) is 0 Å². The van der Waals surface area contributed by atoms with E-state index in [1.165, 1.54) is 0 Å². The molecule has 0 saturated carbocycles. The minimum Gasteiger partial charge on any atom is -1.00 e. The van der Waals surface area contributed by atoms with Crippen LogP contribution in [0.1, 0.15) is 2.85 Å². The van der Waals surface area contributed by atoms with Gasteiger partial charge in [0.05, 0.1) is 0 Å². The molecule has 0 N–H and O–H groups in total. The van der Waals surface area contributed by atoms with Crippen LogP contribution in [0.4, 0.5) is 0 Å². The van der Waals surface area contributed by atoms with Crippen molar-refractivity contribution in [2.24, 2.45) is 0 Å². The van der Waals surface area contributed by atoms with Crippen molar-refractivity contribution in [1.82, 2.24) is 0 Å². The molecule has 7 heavy (non-hydrogen) atoms. The van der Waals surface area contributed by atoms with Gasteiger partial charge >= 0.3 is 23.1 Å². The second-order valence-corrected chi connectivity index (χ2v) is 0. The molecular weight excluding hydrogens is 514 g/mol. The Morgan fingerprint density at radius 3 is 1.14 bits per heavy atom. The number of hydrogen-bond donors (Lipinski definition) is 0. The summed E-state index contributed by atoms with van der Waals surface area (Å²) < 4.78 is 0. The zero-order chi connectivity index (χ0) is 0. The third kappa shape index (κ3) is 34.2. The summed E-state index contributed by atoms with van der Waals surface area (Å²) in [5, 5.41) is 0. The fraction of sp³-hybridized carbons (Fsp3) is 0. The van der Waals surface area contributed by atoms with Crippen molar-refractivity contribution >= 4 is 40.4 Å². The second kappa shape index (κ2) is 41.8. The third-order valence-electron chi connectivity index (χ3n) is 0. The van der Waals surface area contributed by atoms with Crippen LogP contribution in [0.2, 0.25) is 0 Å². The van der Waals surface area contributed by atoms with E-state index in [0.717, 1.165) is 0 Å². The number of hydrogen-bond acceptors (Lipinski definition) is 0. The van der Waals surface area contributed by atoms with E-state index < -0.39 is 0 Å². The van der Waals surface area contributed by atoms with E-state index in [-0.39, 0.29) is 174 Å². The molecule has 0 saturated heterocycles. The van der Waals surface area contributed by atoms with E-state index >= 15 is 0 Å². The van der Waals surface area contributed by atoms with Crippen molar-refractivity contribution in [1.29, 1.82) is 0 Å². The van der Waals surface area contributed by atoms with Crippen LogP contribution in [0.5, 0.6) is 0 Å². The van der Waals surface area contributed by atoms with E-state index in [2.05, 4.69) is 0 Å². The summed E-state index contributed by atoms with van der Waals surface area (Å²) in [6.45, 7) is 0. The van der Waals surface area contributed by atoms with Gasteiger partial charge in [-0.25, -0.2) is 0 Å². The fourth-order valence-corrected chi connectivity index (χ4v) is 0. The Balaban J connectivity index is 0. The fourth-order valence-electron chi connectivity index (χ4n) is 0. The van der Waals surface area contributed by atoms with Crippen LogP contribution in [0.3, 0.4) is 0 Å². The molecule has 0 aromatic rings. The summed E-state index contributed by atoms with van der Waals surface area (Å²) in [6, 6.07) is 0. The van der Waals surface area contributed by atoms with Gasteiger partial charge in [0, 0.05) is 131 Å². The summed E-state index contributed by atoms with van der Waals surface area (Å²) >= 11 is 0. The van der Waals surface area contributed by atoms with Crippen LogP contribution in [0.15, 0.2) is 0 Å². The minimum absolute atomic E-state index is 0. The monoisotopic (exact) mass is 517 g/mol. The maximum Gasteiger partial charge on any atom is 2.00 e. The van der Waals surface area contributed by atoms with Crippen molar-refractivity contribution < 1.29 is 134 Å². The molecule has 7 heteroatoms. The van der Waals surface area contributed by atoms with Crippen molar-refractivity contribution in [2.75, 3.05) is 0 Å². The summed E-state index contributed by atoms with van der Waals surface area (Å²) in [6.07, 6.45) is 0. The van der Waals surface area contributed by atoms with Crippen molar-refractivity contribution in [3.05, 3.63) is 0 Å². The normalized spacial score (nSPS) is 0. The van der Waals surface area contributed by atoms with Crippen LogP contribution < -0.4 is 0 Å². The molecule has 0 nitrogen and oxygen atoms in total. The molecule has 0 atom stereocenters. The number of rotatable bonds is 0. The first-order valence-corrected chi connectivity index (χ1v) is 0. The predicted octanol–water partition coefficient (Wildman–Crippen LogP) is -1.35. The molecule has 0 spiro atoms. The van der Waals surface area contributed by atoms with Gasteiger partial charge in [-0.2, -0.15) is 0 Å². The molecule has 0 unspecified atom stereocenters. The van der Waals surface area contributed by atoms with E-state index in [1.807, 2.05) is 0 Å². The predicted molar refractivity (Wildman–Crippen MR) is 17.9 cm³/mol. The largest absolute Gasteiger partial charge is 2.00 e. The van der Waals surface area contributed by atoms with Gasteiger partial charge in [-0.1, -0.05) is 0 Å². The van der Waals surface area contributed by atoms with Gasteiger partial charge in [0.1, 0.15) is 0 Å². The first kappa shape index (κ1) is 54.5. The molecule has 0 amide bonds.